The zero-order valence-electron chi connectivity index (χ0n) is 10.1. The Morgan fingerprint density at radius 3 is 3.05 bits per heavy atom. The molecule has 19 heavy (non-hydrogen) atoms. The van der Waals surface area contributed by atoms with Gasteiger partial charge in [-0.1, -0.05) is 23.9 Å². The number of aromatic carboxylic acids is 1. The lowest BCUT2D eigenvalue weighted by Gasteiger charge is -2.03. The van der Waals surface area contributed by atoms with Crippen LogP contribution in [-0.4, -0.2) is 31.3 Å². The molecular weight excluding hydrogens is 264 g/mol. The number of aromatic nitrogens is 4. The van der Waals surface area contributed by atoms with Crippen LogP contribution in [-0.2, 0) is 5.75 Å². The minimum absolute atomic E-state index is 0.305. The average Bonchev–Trinajstić information content (AvgIpc) is 3.16. The van der Waals surface area contributed by atoms with Crippen LogP contribution in [0.2, 0.25) is 0 Å². The first-order valence-corrected chi connectivity index (χ1v) is 6.95. The van der Waals surface area contributed by atoms with Gasteiger partial charge in [0.1, 0.15) is 0 Å². The van der Waals surface area contributed by atoms with Gasteiger partial charge in [-0.15, -0.1) is 5.10 Å². The highest BCUT2D eigenvalue weighted by molar-refractivity contribution is 7.98. The van der Waals surface area contributed by atoms with E-state index in [1.54, 1.807) is 18.2 Å². The van der Waals surface area contributed by atoms with Crippen LogP contribution in [0, 0.1) is 0 Å². The maximum absolute atomic E-state index is 10.9. The second kappa shape index (κ2) is 5.00. The summed E-state index contributed by atoms with van der Waals surface area (Å²) in [5.74, 6) is -0.247. The van der Waals surface area contributed by atoms with Crippen molar-refractivity contribution in [2.24, 2.45) is 0 Å². The van der Waals surface area contributed by atoms with Crippen LogP contribution in [0.1, 0.15) is 34.8 Å². The third-order valence-electron chi connectivity index (χ3n) is 2.90. The van der Waals surface area contributed by atoms with Crippen molar-refractivity contribution in [3.63, 3.8) is 0 Å². The number of benzene rings is 1. The predicted octanol–water partition coefficient (Wildman–Crippen LogP) is 2.00. The maximum Gasteiger partial charge on any atom is 0.335 e. The van der Waals surface area contributed by atoms with Gasteiger partial charge in [0.2, 0.25) is 5.16 Å². The summed E-state index contributed by atoms with van der Waals surface area (Å²) in [5, 5.41) is 21.4. The summed E-state index contributed by atoms with van der Waals surface area (Å²) in [4.78, 5) is 10.9. The van der Waals surface area contributed by atoms with Crippen LogP contribution in [0.5, 0.6) is 0 Å². The Hall–Kier alpha value is -1.89. The molecule has 1 saturated carbocycles. The van der Waals surface area contributed by atoms with Crippen LogP contribution >= 0.6 is 11.8 Å². The average molecular weight is 276 g/mol. The fourth-order valence-electron chi connectivity index (χ4n) is 1.77. The highest BCUT2D eigenvalue weighted by Crippen LogP contribution is 2.36. The van der Waals surface area contributed by atoms with Crippen LogP contribution in [0.4, 0.5) is 0 Å². The summed E-state index contributed by atoms with van der Waals surface area (Å²) in [7, 11) is 0. The van der Waals surface area contributed by atoms with E-state index >= 15 is 0 Å². The van der Waals surface area contributed by atoms with E-state index in [9.17, 15) is 4.79 Å². The first-order chi connectivity index (χ1) is 9.24. The van der Waals surface area contributed by atoms with E-state index in [-0.39, 0.29) is 0 Å². The number of carboxylic acid groups (broad SMARTS) is 1. The van der Waals surface area contributed by atoms with Gasteiger partial charge < -0.3 is 5.11 Å². The Morgan fingerprint density at radius 1 is 1.47 bits per heavy atom. The lowest BCUT2D eigenvalue weighted by Crippen LogP contribution is -1.99. The molecule has 0 bridgehead atoms. The van der Waals surface area contributed by atoms with Crippen molar-refractivity contribution >= 4 is 17.7 Å². The van der Waals surface area contributed by atoms with E-state index < -0.39 is 5.97 Å². The molecule has 0 amide bonds. The molecule has 3 rings (SSSR count). The van der Waals surface area contributed by atoms with Gasteiger partial charge in [0.15, 0.2) is 0 Å². The number of thioether (sulfide) groups is 1. The lowest BCUT2D eigenvalue weighted by molar-refractivity contribution is 0.0697. The molecule has 98 valence electrons. The molecular formula is C12H12N4O2S. The van der Waals surface area contributed by atoms with Crippen molar-refractivity contribution in [3.05, 3.63) is 35.4 Å². The summed E-state index contributed by atoms with van der Waals surface area (Å²) < 4.78 is 1.85. The van der Waals surface area contributed by atoms with Crippen LogP contribution in [0.3, 0.4) is 0 Å². The monoisotopic (exact) mass is 276 g/mol. The number of tetrazole rings is 1. The van der Waals surface area contributed by atoms with Gasteiger partial charge in [-0.3, -0.25) is 0 Å². The minimum Gasteiger partial charge on any atom is -0.478 e. The molecule has 0 saturated heterocycles. The number of hydrogen-bond acceptors (Lipinski definition) is 5. The largest absolute Gasteiger partial charge is 0.478 e. The molecule has 6 nitrogen and oxygen atoms in total. The van der Waals surface area contributed by atoms with Crippen molar-refractivity contribution in [2.45, 2.75) is 29.8 Å². The zero-order valence-corrected chi connectivity index (χ0v) is 10.9. The normalized spacial score (nSPS) is 14.5. The molecule has 0 atom stereocenters. The fraction of sp³-hybridized carbons (Fsp3) is 0.333. The van der Waals surface area contributed by atoms with E-state index in [1.807, 2.05) is 10.7 Å². The summed E-state index contributed by atoms with van der Waals surface area (Å²) in [6.45, 7) is 0. The van der Waals surface area contributed by atoms with Gasteiger partial charge in [-0.05, 0) is 41.0 Å². The van der Waals surface area contributed by atoms with Gasteiger partial charge in [0.05, 0.1) is 11.6 Å². The minimum atomic E-state index is -0.908. The van der Waals surface area contributed by atoms with Crippen molar-refractivity contribution in [1.29, 1.82) is 0 Å². The molecule has 1 heterocycles. The van der Waals surface area contributed by atoms with Gasteiger partial charge >= 0.3 is 5.97 Å². The SMILES string of the molecule is O=C(O)c1cccc(CSc2nnnn2C2CC2)c1. The topological polar surface area (TPSA) is 80.9 Å². The van der Waals surface area contributed by atoms with Crippen molar-refractivity contribution in [1.82, 2.24) is 20.2 Å². The van der Waals surface area contributed by atoms with Gasteiger partial charge in [0, 0.05) is 5.75 Å². The highest BCUT2D eigenvalue weighted by Gasteiger charge is 2.27. The molecule has 2 aromatic rings. The highest BCUT2D eigenvalue weighted by atomic mass is 32.2. The Labute approximate surface area is 113 Å². The molecule has 1 aromatic heterocycles. The second-order valence-electron chi connectivity index (χ2n) is 4.43. The van der Waals surface area contributed by atoms with E-state index in [0.717, 1.165) is 23.6 Å². The Bertz CT molecular complexity index is 609. The first kappa shape index (κ1) is 12.2. The number of rotatable bonds is 5. The number of nitrogens with zero attached hydrogens (tertiary/aromatic N) is 4. The molecule has 1 fully saturated rings. The summed E-state index contributed by atoms with van der Waals surface area (Å²) in [5.41, 5.74) is 1.26. The number of hydrogen-bond donors (Lipinski definition) is 1. The first-order valence-electron chi connectivity index (χ1n) is 5.97. The molecule has 0 radical (unpaired) electrons. The molecule has 1 N–H and O–H groups in total. The van der Waals surface area contributed by atoms with Gasteiger partial charge in [0.25, 0.3) is 0 Å². The quantitative estimate of drug-likeness (QED) is 0.841. The lowest BCUT2D eigenvalue weighted by atomic mass is 10.1. The van der Waals surface area contributed by atoms with Crippen LogP contribution < -0.4 is 0 Å². The third-order valence-corrected chi connectivity index (χ3v) is 3.90. The Kier molecular flexibility index (Phi) is 3.20. The van der Waals surface area contributed by atoms with Crippen LogP contribution in [0.25, 0.3) is 0 Å². The van der Waals surface area contributed by atoms with Crippen molar-refractivity contribution < 1.29 is 9.90 Å². The van der Waals surface area contributed by atoms with E-state index in [1.165, 1.54) is 11.8 Å². The smallest absolute Gasteiger partial charge is 0.335 e. The molecule has 0 spiro atoms. The maximum atomic E-state index is 10.9. The number of carbonyl (C=O) groups is 1. The van der Waals surface area contributed by atoms with Crippen LogP contribution in [0.15, 0.2) is 29.4 Å². The molecule has 1 aromatic carbocycles. The molecule has 1 aliphatic rings. The standard InChI is InChI=1S/C12H12N4O2S/c17-11(18)9-3-1-2-8(6-9)7-19-12-13-14-15-16(12)10-4-5-10/h1-3,6,10H,4-5,7H2,(H,17,18). The third kappa shape index (κ3) is 2.76. The summed E-state index contributed by atoms with van der Waals surface area (Å²) in [6.07, 6.45) is 2.26. The summed E-state index contributed by atoms with van der Waals surface area (Å²) >= 11 is 1.53. The molecule has 1 aliphatic carbocycles. The Morgan fingerprint density at radius 2 is 2.32 bits per heavy atom. The Balaban J connectivity index is 1.70. The fourth-order valence-corrected chi connectivity index (χ4v) is 2.66. The van der Waals surface area contributed by atoms with E-state index in [2.05, 4.69) is 15.5 Å². The van der Waals surface area contributed by atoms with Crippen molar-refractivity contribution in [3.8, 4) is 0 Å². The van der Waals surface area contributed by atoms with Gasteiger partial charge in [-0.2, -0.15) is 0 Å². The predicted molar refractivity (Wildman–Crippen MR) is 69.1 cm³/mol. The summed E-state index contributed by atoms with van der Waals surface area (Å²) in [6, 6.07) is 7.38. The molecule has 7 heteroatoms. The second-order valence-corrected chi connectivity index (χ2v) is 5.37. The van der Waals surface area contributed by atoms with E-state index in [4.69, 9.17) is 5.11 Å². The van der Waals surface area contributed by atoms with Crippen molar-refractivity contribution in [2.75, 3.05) is 0 Å². The van der Waals surface area contributed by atoms with E-state index in [0.29, 0.717) is 17.4 Å². The van der Waals surface area contributed by atoms with Gasteiger partial charge in [-0.25, -0.2) is 9.48 Å². The molecule has 0 unspecified atom stereocenters. The molecule has 0 aliphatic heterocycles. The zero-order chi connectivity index (χ0) is 13.2. The number of carboxylic acids is 1.